The van der Waals surface area contributed by atoms with E-state index in [1.54, 1.807) is 12.1 Å². The maximum Gasteiger partial charge on any atom is 0.305 e. The van der Waals surface area contributed by atoms with Gasteiger partial charge >= 0.3 is 5.97 Å². The van der Waals surface area contributed by atoms with Gasteiger partial charge in [-0.3, -0.25) is 9.59 Å². The Morgan fingerprint density at radius 1 is 1.27 bits per heavy atom. The first-order chi connectivity index (χ1) is 7.00. The van der Waals surface area contributed by atoms with Crippen LogP contribution in [-0.2, 0) is 4.79 Å². The van der Waals surface area contributed by atoms with Gasteiger partial charge in [0.25, 0.3) is 0 Å². The molecule has 0 radical (unpaired) electrons. The molecule has 0 aromatic heterocycles. The van der Waals surface area contributed by atoms with Gasteiger partial charge in [-0.05, 0) is 24.3 Å². The number of carboxylic acid groups (broad SMARTS) is 1. The predicted octanol–water partition coefficient (Wildman–Crippen LogP) is 2.60. The molecule has 1 unspecified atom stereocenters. The Morgan fingerprint density at radius 2 is 1.80 bits per heavy atom. The summed E-state index contributed by atoms with van der Waals surface area (Å²) < 4.78 is 0. The zero-order valence-electron chi connectivity index (χ0n) is 7.61. The molecule has 1 rings (SSSR count). The summed E-state index contributed by atoms with van der Waals surface area (Å²) in [6.07, 6.45) is -0.386. The van der Waals surface area contributed by atoms with Crippen LogP contribution in [0.15, 0.2) is 24.3 Å². The van der Waals surface area contributed by atoms with Crippen LogP contribution in [0.3, 0.4) is 0 Å². The minimum absolute atomic E-state index is 0.362. The van der Waals surface area contributed by atoms with Crippen LogP contribution < -0.4 is 0 Å². The van der Waals surface area contributed by atoms with Crippen molar-refractivity contribution in [2.45, 2.75) is 11.8 Å². The summed E-state index contributed by atoms with van der Waals surface area (Å²) in [5.74, 6) is -1.51. The van der Waals surface area contributed by atoms with Gasteiger partial charge in [-0.1, -0.05) is 11.6 Å². The lowest BCUT2D eigenvalue weighted by Crippen LogP contribution is -2.18. The van der Waals surface area contributed by atoms with Crippen molar-refractivity contribution in [3.63, 3.8) is 0 Å². The van der Waals surface area contributed by atoms with E-state index in [1.165, 1.54) is 12.1 Å². The van der Waals surface area contributed by atoms with E-state index in [0.717, 1.165) is 0 Å². The zero-order chi connectivity index (χ0) is 11.4. The number of Topliss-reactive ketones (excluding diaryl/α,β-unsaturated/α-hetero) is 1. The van der Waals surface area contributed by atoms with Gasteiger partial charge in [0.2, 0.25) is 0 Å². The Bertz CT molecular complexity index is 373. The van der Waals surface area contributed by atoms with Gasteiger partial charge in [0, 0.05) is 10.6 Å². The third-order valence-electron chi connectivity index (χ3n) is 1.77. The number of alkyl halides is 1. The number of carbonyl (C=O) groups excluding carboxylic acids is 1. The molecule has 0 fully saturated rings. The number of benzene rings is 1. The fourth-order valence-electron chi connectivity index (χ4n) is 1.04. The molecular weight excluding hydrogens is 239 g/mol. The quantitative estimate of drug-likeness (QED) is 0.657. The average Bonchev–Trinajstić information content (AvgIpc) is 2.17. The Kier molecular flexibility index (Phi) is 4.12. The van der Waals surface area contributed by atoms with Gasteiger partial charge in [-0.25, -0.2) is 0 Å². The van der Waals surface area contributed by atoms with Crippen LogP contribution >= 0.6 is 23.2 Å². The Balaban J connectivity index is 2.76. The van der Waals surface area contributed by atoms with Crippen LogP contribution in [0.1, 0.15) is 16.8 Å². The van der Waals surface area contributed by atoms with Gasteiger partial charge in [0.05, 0.1) is 6.42 Å². The third kappa shape index (κ3) is 3.53. The van der Waals surface area contributed by atoms with Crippen molar-refractivity contribution in [1.82, 2.24) is 0 Å². The van der Waals surface area contributed by atoms with Crippen LogP contribution in [0.4, 0.5) is 0 Å². The fourth-order valence-corrected chi connectivity index (χ4v) is 1.42. The molecule has 0 aliphatic rings. The minimum atomic E-state index is -1.10. The molecule has 0 amide bonds. The minimum Gasteiger partial charge on any atom is -0.481 e. The Hall–Kier alpha value is -1.06. The molecule has 0 saturated carbocycles. The average molecular weight is 247 g/mol. The van der Waals surface area contributed by atoms with Crippen LogP contribution in [0.5, 0.6) is 0 Å². The first kappa shape index (κ1) is 12.0. The monoisotopic (exact) mass is 246 g/mol. The predicted molar refractivity (Wildman–Crippen MR) is 57.7 cm³/mol. The van der Waals surface area contributed by atoms with Crippen molar-refractivity contribution in [2.75, 3.05) is 0 Å². The summed E-state index contributed by atoms with van der Waals surface area (Å²) in [5, 5.41) is 7.94. The van der Waals surface area contributed by atoms with E-state index in [9.17, 15) is 9.59 Å². The number of carbonyl (C=O) groups is 2. The number of hydrogen-bond donors (Lipinski definition) is 1. The molecule has 1 atom stereocenters. The first-order valence-electron chi connectivity index (χ1n) is 4.16. The van der Waals surface area contributed by atoms with Crippen molar-refractivity contribution in [3.8, 4) is 0 Å². The summed E-state index contributed by atoms with van der Waals surface area (Å²) in [4.78, 5) is 21.9. The van der Waals surface area contributed by atoms with Crippen LogP contribution in [0, 0.1) is 0 Å². The van der Waals surface area contributed by atoms with Gasteiger partial charge in [0.1, 0.15) is 5.38 Å². The van der Waals surface area contributed by atoms with Crippen LogP contribution in [-0.4, -0.2) is 22.2 Å². The third-order valence-corrected chi connectivity index (χ3v) is 2.37. The van der Waals surface area contributed by atoms with Crippen molar-refractivity contribution >= 4 is 35.0 Å². The van der Waals surface area contributed by atoms with Crippen molar-refractivity contribution < 1.29 is 14.7 Å². The highest BCUT2D eigenvalue weighted by atomic mass is 35.5. The summed E-state index contributed by atoms with van der Waals surface area (Å²) in [5.41, 5.74) is 0.362. The molecule has 15 heavy (non-hydrogen) atoms. The first-order valence-corrected chi connectivity index (χ1v) is 4.98. The van der Waals surface area contributed by atoms with Crippen molar-refractivity contribution in [2.24, 2.45) is 0 Å². The lowest BCUT2D eigenvalue weighted by molar-refractivity contribution is -0.136. The molecule has 0 heterocycles. The second-order valence-corrected chi connectivity index (χ2v) is 3.90. The lowest BCUT2D eigenvalue weighted by Gasteiger charge is -2.05. The van der Waals surface area contributed by atoms with E-state index in [0.29, 0.717) is 10.6 Å². The summed E-state index contributed by atoms with van der Waals surface area (Å²) in [6.45, 7) is 0. The highest BCUT2D eigenvalue weighted by molar-refractivity contribution is 6.35. The molecular formula is C10H8Cl2O3. The molecule has 80 valence electrons. The topological polar surface area (TPSA) is 54.4 Å². The normalized spacial score (nSPS) is 12.1. The maximum absolute atomic E-state index is 11.6. The number of halogens is 2. The maximum atomic E-state index is 11.6. The van der Waals surface area contributed by atoms with Gasteiger partial charge < -0.3 is 5.11 Å². The highest BCUT2D eigenvalue weighted by Crippen LogP contribution is 2.15. The Morgan fingerprint density at radius 3 is 2.27 bits per heavy atom. The van der Waals surface area contributed by atoms with Crippen molar-refractivity contribution in [1.29, 1.82) is 0 Å². The molecule has 3 nitrogen and oxygen atoms in total. The molecule has 1 aromatic carbocycles. The smallest absolute Gasteiger partial charge is 0.305 e. The molecule has 0 bridgehead atoms. The van der Waals surface area contributed by atoms with E-state index < -0.39 is 17.1 Å². The number of rotatable bonds is 4. The molecule has 5 heteroatoms. The van der Waals surface area contributed by atoms with Crippen molar-refractivity contribution in [3.05, 3.63) is 34.9 Å². The SMILES string of the molecule is O=C(O)CC(Cl)C(=O)c1ccc(Cl)cc1. The molecule has 0 saturated heterocycles. The van der Waals surface area contributed by atoms with Gasteiger partial charge in [0.15, 0.2) is 5.78 Å². The molecule has 1 aromatic rings. The second kappa shape index (κ2) is 5.14. The molecule has 0 aliphatic carbocycles. The van der Waals surface area contributed by atoms with E-state index in [-0.39, 0.29) is 6.42 Å². The van der Waals surface area contributed by atoms with Crippen LogP contribution in [0.2, 0.25) is 5.02 Å². The number of carboxylic acids is 1. The number of hydrogen-bond acceptors (Lipinski definition) is 2. The fraction of sp³-hybridized carbons (Fsp3) is 0.200. The van der Waals surface area contributed by atoms with E-state index in [1.807, 2.05) is 0 Å². The Labute approximate surface area is 96.6 Å². The second-order valence-electron chi connectivity index (χ2n) is 2.94. The summed E-state index contributed by atoms with van der Waals surface area (Å²) in [7, 11) is 0. The largest absolute Gasteiger partial charge is 0.481 e. The summed E-state index contributed by atoms with van der Waals surface area (Å²) in [6, 6.07) is 6.14. The number of aliphatic carboxylic acids is 1. The summed E-state index contributed by atoms with van der Waals surface area (Å²) >= 11 is 11.3. The van der Waals surface area contributed by atoms with E-state index >= 15 is 0 Å². The zero-order valence-corrected chi connectivity index (χ0v) is 9.13. The highest BCUT2D eigenvalue weighted by Gasteiger charge is 2.20. The van der Waals surface area contributed by atoms with Gasteiger partial charge in [-0.2, -0.15) is 0 Å². The molecule has 0 aliphatic heterocycles. The van der Waals surface area contributed by atoms with Gasteiger partial charge in [-0.15, -0.1) is 11.6 Å². The van der Waals surface area contributed by atoms with Crippen LogP contribution in [0.25, 0.3) is 0 Å². The van der Waals surface area contributed by atoms with E-state index in [4.69, 9.17) is 28.3 Å². The standard InChI is InChI=1S/C10H8Cl2O3/c11-7-3-1-6(2-4-7)10(15)8(12)5-9(13)14/h1-4,8H,5H2,(H,13,14). The molecule has 0 spiro atoms. The lowest BCUT2D eigenvalue weighted by atomic mass is 10.1. The number of ketones is 1. The van der Waals surface area contributed by atoms with E-state index in [2.05, 4.69) is 0 Å². The molecule has 1 N–H and O–H groups in total.